The maximum atomic E-state index is 13.5. The summed E-state index contributed by atoms with van der Waals surface area (Å²) < 4.78 is 6.09. The Labute approximate surface area is 185 Å². The smallest absolute Gasteiger partial charge is 0.258 e. The SMILES string of the molecule is CC[C@H]1C/C=C\C[C@H](C)Oc2ccccc2C(=O)N(C)[C@H](Cc2ccccc2)C(=O)N1. The van der Waals surface area contributed by atoms with Crippen LogP contribution in [0, 0.1) is 0 Å². The standard InChI is InChI=1S/C26H32N2O3/c1-4-21-15-9-8-12-19(2)31-24-17-11-10-16-22(24)26(30)28(3)23(25(29)27-21)18-20-13-6-5-7-14-20/h5-11,13-14,16-17,19,21,23H,4,12,15,18H2,1-3H3,(H,27,29)/b9-8-/t19-,21-,23+/m0/s1. The lowest BCUT2D eigenvalue weighted by molar-refractivity contribution is -0.126. The van der Waals surface area contributed by atoms with Gasteiger partial charge in [-0.05, 0) is 37.5 Å². The molecule has 2 amide bonds. The Hall–Kier alpha value is -3.08. The van der Waals surface area contributed by atoms with Gasteiger partial charge in [0, 0.05) is 25.9 Å². The van der Waals surface area contributed by atoms with Crippen molar-refractivity contribution in [3.05, 3.63) is 77.9 Å². The van der Waals surface area contributed by atoms with E-state index >= 15 is 0 Å². The van der Waals surface area contributed by atoms with Crippen LogP contribution in [0.2, 0.25) is 0 Å². The molecule has 0 unspecified atom stereocenters. The van der Waals surface area contributed by atoms with Gasteiger partial charge >= 0.3 is 0 Å². The number of likely N-dealkylation sites (N-methyl/N-ethyl adjacent to an activating group) is 1. The van der Waals surface area contributed by atoms with Gasteiger partial charge in [0.2, 0.25) is 5.91 Å². The zero-order valence-electron chi connectivity index (χ0n) is 18.6. The molecule has 0 aromatic heterocycles. The molecule has 1 aliphatic heterocycles. The van der Waals surface area contributed by atoms with Crippen LogP contribution >= 0.6 is 0 Å². The van der Waals surface area contributed by atoms with E-state index in [1.54, 1.807) is 18.0 Å². The molecule has 3 atom stereocenters. The van der Waals surface area contributed by atoms with Gasteiger partial charge in [0.15, 0.2) is 0 Å². The first-order chi connectivity index (χ1) is 15.0. The number of rotatable bonds is 3. The monoisotopic (exact) mass is 420 g/mol. The molecule has 1 aliphatic rings. The van der Waals surface area contributed by atoms with Crippen LogP contribution in [-0.2, 0) is 11.2 Å². The Morgan fingerprint density at radius 3 is 2.42 bits per heavy atom. The van der Waals surface area contributed by atoms with Crippen LogP contribution in [0.1, 0.15) is 49.0 Å². The van der Waals surface area contributed by atoms with Crippen LogP contribution in [0.25, 0.3) is 0 Å². The van der Waals surface area contributed by atoms with Crippen molar-refractivity contribution in [1.82, 2.24) is 10.2 Å². The van der Waals surface area contributed by atoms with Gasteiger partial charge in [0.1, 0.15) is 11.8 Å². The summed E-state index contributed by atoms with van der Waals surface area (Å²) in [6.45, 7) is 4.06. The molecular weight excluding hydrogens is 388 g/mol. The van der Waals surface area contributed by atoms with Crippen molar-refractivity contribution >= 4 is 11.8 Å². The summed E-state index contributed by atoms with van der Waals surface area (Å²) in [6.07, 6.45) is 6.88. The molecule has 5 nitrogen and oxygen atoms in total. The number of hydrogen-bond acceptors (Lipinski definition) is 3. The second-order valence-electron chi connectivity index (χ2n) is 8.10. The first-order valence-corrected chi connectivity index (χ1v) is 11.0. The van der Waals surface area contributed by atoms with Gasteiger partial charge in [-0.25, -0.2) is 0 Å². The summed E-state index contributed by atoms with van der Waals surface area (Å²) in [4.78, 5) is 28.3. The highest BCUT2D eigenvalue weighted by Gasteiger charge is 2.30. The van der Waals surface area contributed by atoms with Crippen LogP contribution in [0.15, 0.2) is 66.7 Å². The number of nitrogens with zero attached hydrogens (tertiary/aromatic N) is 1. The topological polar surface area (TPSA) is 58.6 Å². The molecule has 1 N–H and O–H groups in total. The number of hydrogen-bond donors (Lipinski definition) is 1. The lowest BCUT2D eigenvalue weighted by atomic mass is 10.0. The van der Waals surface area contributed by atoms with Gasteiger partial charge in [0.25, 0.3) is 5.91 Å². The predicted octanol–water partition coefficient (Wildman–Crippen LogP) is 4.38. The summed E-state index contributed by atoms with van der Waals surface area (Å²) in [6, 6.07) is 16.5. The highest BCUT2D eigenvalue weighted by Crippen LogP contribution is 2.23. The van der Waals surface area contributed by atoms with E-state index in [2.05, 4.69) is 24.4 Å². The third-order valence-electron chi connectivity index (χ3n) is 5.70. The number of ether oxygens (including phenoxy) is 1. The fourth-order valence-corrected chi connectivity index (χ4v) is 3.76. The molecule has 0 fully saturated rings. The average Bonchev–Trinajstić information content (AvgIpc) is 2.79. The number of carbonyl (C=O) groups excluding carboxylic acids is 2. The van der Waals surface area contributed by atoms with Crippen molar-refractivity contribution in [3.8, 4) is 5.75 Å². The van der Waals surface area contributed by atoms with Crippen molar-refractivity contribution in [1.29, 1.82) is 0 Å². The average molecular weight is 421 g/mol. The van der Waals surface area contributed by atoms with E-state index in [-0.39, 0.29) is 24.0 Å². The van der Waals surface area contributed by atoms with Crippen molar-refractivity contribution in [2.45, 2.75) is 57.7 Å². The van der Waals surface area contributed by atoms with Crippen molar-refractivity contribution in [2.75, 3.05) is 7.05 Å². The quantitative estimate of drug-likeness (QED) is 0.750. The number of amides is 2. The fourth-order valence-electron chi connectivity index (χ4n) is 3.76. The molecule has 0 saturated carbocycles. The summed E-state index contributed by atoms with van der Waals surface area (Å²) >= 11 is 0. The Kier molecular flexibility index (Phi) is 7.88. The Bertz CT molecular complexity index is 910. The first kappa shape index (κ1) is 22.6. The van der Waals surface area contributed by atoms with E-state index in [9.17, 15) is 9.59 Å². The summed E-state index contributed by atoms with van der Waals surface area (Å²) in [7, 11) is 1.70. The zero-order valence-corrected chi connectivity index (χ0v) is 18.6. The number of carbonyl (C=O) groups is 2. The van der Waals surface area contributed by atoms with Crippen molar-refractivity contribution < 1.29 is 14.3 Å². The lowest BCUT2D eigenvalue weighted by Gasteiger charge is -2.30. The molecule has 5 heteroatoms. The summed E-state index contributed by atoms with van der Waals surface area (Å²) in [5.41, 5.74) is 1.48. The fraction of sp³-hybridized carbons (Fsp3) is 0.385. The van der Waals surface area contributed by atoms with Crippen molar-refractivity contribution in [2.24, 2.45) is 0 Å². The molecule has 0 bridgehead atoms. The molecule has 0 saturated heterocycles. The molecule has 0 radical (unpaired) electrons. The van der Waals surface area contributed by atoms with Crippen LogP contribution < -0.4 is 10.1 Å². The van der Waals surface area contributed by atoms with Crippen molar-refractivity contribution in [3.63, 3.8) is 0 Å². The van der Waals surface area contributed by atoms with E-state index < -0.39 is 6.04 Å². The van der Waals surface area contributed by atoms with Gasteiger partial charge < -0.3 is 15.0 Å². The first-order valence-electron chi connectivity index (χ1n) is 11.0. The molecular formula is C26H32N2O3. The van der Waals surface area contributed by atoms with E-state index in [1.165, 1.54) is 0 Å². The Morgan fingerprint density at radius 1 is 1.00 bits per heavy atom. The number of benzene rings is 2. The van der Waals surface area contributed by atoms with Crippen LogP contribution in [-0.4, -0.2) is 41.9 Å². The Balaban J connectivity index is 1.98. The second kappa shape index (κ2) is 10.8. The number of para-hydroxylation sites is 1. The third kappa shape index (κ3) is 5.97. The van der Waals surface area contributed by atoms with Crippen LogP contribution in [0.3, 0.4) is 0 Å². The van der Waals surface area contributed by atoms with Crippen LogP contribution in [0.4, 0.5) is 0 Å². The predicted molar refractivity (Wildman–Crippen MR) is 123 cm³/mol. The normalized spacial score (nSPS) is 23.8. The van der Waals surface area contributed by atoms with E-state index in [0.29, 0.717) is 17.7 Å². The molecule has 0 aliphatic carbocycles. The Morgan fingerprint density at radius 2 is 1.68 bits per heavy atom. The van der Waals surface area contributed by atoms with E-state index in [4.69, 9.17) is 4.74 Å². The van der Waals surface area contributed by atoms with Gasteiger partial charge in [0.05, 0.1) is 11.7 Å². The van der Waals surface area contributed by atoms with E-state index in [1.807, 2.05) is 55.5 Å². The van der Waals surface area contributed by atoms with Gasteiger partial charge in [-0.15, -0.1) is 0 Å². The maximum Gasteiger partial charge on any atom is 0.258 e. The molecule has 0 spiro atoms. The highest BCUT2D eigenvalue weighted by atomic mass is 16.5. The summed E-state index contributed by atoms with van der Waals surface area (Å²) in [5.74, 6) is 0.186. The minimum atomic E-state index is -0.624. The van der Waals surface area contributed by atoms with Gasteiger partial charge in [-0.3, -0.25) is 9.59 Å². The van der Waals surface area contributed by atoms with Crippen LogP contribution in [0.5, 0.6) is 5.75 Å². The zero-order chi connectivity index (χ0) is 22.2. The molecule has 164 valence electrons. The summed E-state index contributed by atoms with van der Waals surface area (Å²) in [5, 5.41) is 3.16. The molecule has 2 aromatic carbocycles. The maximum absolute atomic E-state index is 13.5. The molecule has 2 aromatic rings. The second-order valence-corrected chi connectivity index (χ2v) is 8.10. The minimum absolute atomic E-state index is 0.0250. The molecule has 1 heterocycles. The molecule has 3 rings (SSSR count). The minimum Gasteiger partial charge on any atom is -0.490 e. The highest BCUT2D eigenvalue weighted by molar-refractivity contribution is 5.99. The number of nitrogens with one attached hydrogen (secondary N) is 1. The third-order valence-corrected chi connectivity index (χ3v) is 5.70. The van der Waals surface area contributed by atoms with E-state index in [0.717, 1.165) is 24.8 Å². The van der Waals surface area contributed by atoms with Gasteiger partial charge in [-0.1, -0.05) is 61.5 Å². The largest absolute Gasteiger partial charge is 0.490 e. The molecule has 31 heavy (non-hydrogen) atoms. The number of fused-ring (bicyclic) bond motifs is 1. The lowest BCUT2D eigenvalue weighted by Crippen LogP contribution is -2.51. The van der Waals surface area contributed by atoms with Gasteiger partial charge in [-0.2, -0.15) is 0 Å².